The Morgan fingerprint density at radius 1 is 1.69 bits per heavy atom. The van der Waals surface area contributed by atoms with E-state index >= 15 is 0 Å². The van der Waals surface area contributed by atoms with Crippen LogP contribution in [0.1, 0.15) is 19.0 Å². The van der Waals surface area contributed by atoms with Crippen LogP contribution in [0.15, 0.2) is 5.38 Å². The number of nitrogens with one attached hydrogen (secondary N) is 2. The van der Waals surface area contributed by atoms with Crippen molar-refractivity contribution in [1.82, 2.24) is 10.3 Å². The van der Waals surface area contributed by atoms with Gasteiger partial charge in [-0.25, -0.2) is 9.78 Å². The van der Waals surface area contributed by atoms with Gasteiger partial charge in [-0.15, -0.1) is 11.3 Å². The fraction of sp³-hybridized carbons (Fsp3) is 0.600. The molecule has 0 saturated carbocycles. The summed E-state index contributed by atoms with van der Waals surface area (Å²) in [6, 6.07) is -0.251. The van der Waals surface area contributed by atoms with E-state index in [1.165, 1.54) is 11.3 Å². The third kappa shape index (κ3) is 4.59. The van der Waals surface area contributed by atoms with Crippen LogP contribution in [-0.4, -0.2) is 29.3 Å². The van der Waals surface area contributed by atoms with Crippen LogP contribution in [0.25, 0.3) is 0 Å². The number of rotatable bonds is 5. The molecule has 1 rings (SSSR count). The molecule has 0 radical (unpaired) electrons. The molecule has 0 fully saturated rings. The van der Waals surface area contributed by atoms with E-state index in [1.54, 1.807) is 0 Å². The van der Waals surface area contributed by atoms with Gasteiger partial charge in [0.25, 0.3) is 0 Å². The van der Waals surface area contributed by atoms with Gasteiger partial charge in [-0.05, 0) is 19.3 Å². The maximum absolute atomic E-state index is 11.4. The minimum absolute atomic E-state index is 0.149. The van der Waals surface area contributed by atoms with Gasteiger partial charge in [0.05, 0.1) is 5.69 Å². The van der Waals surface area contributed by atoms with E-state index in [-0.39, 0.29) is 18.6 Å². The number of aryl methyl sites for hydroxylation is 1. The van der Waals surface area contributed by atoms with E-state index < -0.39 is 0 Å². The largest absolute Gasteiger partial charge is 0.396 e. The number of hydrogen-bond donors (Lipinski definition) is 3. The maximum Gasteiger partial charge on any atom is 0.321 e. The number of carbonyl (C=O) groups is 1. The predicted octanol–water partition coefficient (Wildman–Crippen LogP) is 1.59. The Bertz CT molecular complexity index is 341. The maximum atomic E-state index is 11.4. The topological polar surface area (TPSA) is 74.2 Å². The number of urea groups is 1. The standard InChI is InChI=1S/C10H17N3O2S/c1-7(3-4-14)5-11-9(15)13-10-12-8(2)6-16-10/h6-7,14H,3-5H2,1-2H3,(H2,11,12,13,15). The molecule has 3 N–H and O–H groups in total. The summed E-state index contributed by atoms with van der Waals surface area (Å²) >= 11 is 1.40. The van der Waals surface area contributed by atoms with Gasteiger partial charge >= 0.3 is 6.03 Å². The van der Waals surface area contributed by atoms with E-state index in [1.807, 2.05) is 19.2 Å². The molecule has 1 unspecified atom stereocenters. The van der Waals surface area contributed by atoms with Crippen LogP contribution in [0.2, 0.25) is 0 Å². The number of aliphatic hydroxyl groups excluding tert-OH is 1. The highest BCUT2D eigenvalue weighted by Crippen LogP contribution is 2.13. The first-order valence-corrected chi connectivity index (χ1v) is 6.07. The van der Waals surface area contributed by atoms with Gasteiger partial charge in [0.1, 0.15) is 0 Å². The van der Waals surface area contributed by atoms with Crippen molar-refractivity contribution in [1.29, 1.82) is 0 Å². The summed E-state index contributed by atoms with van der Waals surface area (Å²) < 4.78 is 0. The number of aromatic nitrogens is 1. The van der Waals surface area contributed by atoms with Gasteiger partial charge in [0.2, 0.25) is 0 Å². The molecular formula is C10H17N3O2S. The van der Waals surface area contributed by atoms with Gasteiger partial charge < -0.3 is 10.4 Å². The number of carbonyl (C=O) groups excluding carboxylic acids is 1. The highest BCUT2D eigenvalue weighted by Gasteiger charge is 2.06. The third-order valence-electron chi connectivity index (χ3n) is 2.07. The molecule has 5 nitrogen and oxygen atoms in total. The first-order valence-electron chi connectivity index (χ1n) is 5.19. The second-order valence-corrected chi connectivity index (χ2v) is 4.60. The number of anilines is 1. The lowest BCUT2D eigenvalue weighted by atomic mass is 10.1. The summed E-state index contributed by atoms with van der Waals surface area (Å²) in [5.74, 6) is 0.272. The van der Waals surface area contributed by atoms with Crippen LogP contribution in [-0.2, 0) is 0 Å². The molecule has 0 saturated heterocycles. The molecule has 1 atom stereocenters. The number of aliphatic hydroxyl groups is 1. The highest BCUT2D eigenvalue weighted by molar-refractivity contribution is 7.13. The third-order valence-corrected chi connectivity index (χ3v) is 2.95. The van der Waals surface area contributed by atoms with E-state index in [0.29, 0.717) is 18.1 Å². The number of amides is 2. The Morgan fingerprint density at radius 3 is 3.00 bits per heavy atom. The van der Waals surface area contributed by atoms with E-state index in [9.17, 15) is 4.79 Å². The van der Waals surface area contributed by atoms with Crippen molar-refractivity contribution >= 4 is 22.5 Å². The second kappa shape index (κ2) is 6.44. The molecule has 0 bridgehead atoms. The number of thiazole rings is 1. The SMILES string of the molecule is Cc1csc(NC(=O)NCC(C)CCO)n1. The van der Waals surface area contributed by atoms with Crippen molar-refractivity contribution in [3.63, 3.8) is 0 Å². The molecule has 16 heavy (non-hydrogen) atoms. The minimum atomic E-state index is -0.251. The Labute approximate surface area is 98.9 Å². The average Bonchev–Trinajstić information content (AvgIpc) is 2.61. The smallest absolute Gasteiger partial charge is 0.321 e. The van der Waals surface area contributed by atoms with E-state index in [2.05, 4.69) is 15.6 Å². The molecule has 0 aliphatic carbocycles. The predicted molar refractivity (Wildman–Crippen MR) is 64.7 cm³/mol. The summed E-state index contributed by atoms with van der Waals surface area (Å²) in [7, 11) is 0. The van der Waals surface area contributed by atoms with Crippen molar-refractivity contribution in [3.8, 4) is 0 Å². The molecule has 90 valence electrons. The second-order valence-electron chi connectivity index (χ2n) is 3.75. The highest BCUT2D eigenvalue weighted by atomic mass is 32.1. The first-order chi connectivity index (χ1) is 7.61. The zero-order valence-corrected chi connectivity index (χ0v) is 10.3. The van der Waals surface area contributed by atoms with Crippen molar-refractivity contribution in [2.45, 2.75) is 20.3 Å². The van der Waals surface area contributed by atoms with Gasteiger partial charge in [-0.2, -0.15) is 0 Å². The lowest BCUT2D eigenvalue weighted by molar-refractivity contribution is 0.243. The van der Waals surface area contributed by atoms with Gasteiger partial charge in [0.15, 0.2) is 5.13 Å². The monoisotopic (exact) mass is 243 g/mol. The average molecular weight is 243 g/mol. The molecule has 0 spiro atoms. The molecule has 6 heteroatoms. The number of nitrogens with zero attached hydrogens (tertiary/aromatic N) is 1. The summed E-state index contributed by atoms with van der Waals surface area (Å²) in [6.07, 6.45) is 0.691. The molecule has 2 amide bonds. The lowest BCUT2D eigenvalue weighted by Gasteiger charge is -2.10. The van der Waals surface area contributed by atoms with E-state index in [4.69, 9.17) is 5.11 Å². The van der Waals surface area contributed by atoms with Crippen molar-refractivity contribution in [3.05, 3.63) is 11.1 Å². The summed E-state index contributed by atoms with van der Waals surface area (Å²) in [4.78, 5) is 15.5. The first kappa shape index (κ1) is 12.9. The zero-order chi connectivity index (χ0) is 12.0. The molecule has 1 heterocycles. The Kier molecular flexibility index (Phi) is 5.21. The molecule has 1 aromatic rings. The molecule has 0 aromatic carbocycles. The molecule has 0 aliphatic rings. The summed E-state index contributed by atoms with van der Waals surface area (Å²) in [5, 5.41) is 16.6. The van der Waals surface area contributed by atoms with Crippen LogP contribution in [0.5, 0.6) is 0 Å². The summed E-state index contributed by atoms with van der Waals surface area (Å²) in [5.41, 5.74) is 0.897. The van der Waals surface area contributed by atoms with Gasteiger partial charge in [-0.1, -0.05) is 6.92 Å². The Hall–Kier alpha value is -1.14. The van der Waals surface area contributed by atoms with Gasteiger partial charge in [0, 0.05) is 18.5 Å². The van der Waals surface area contributed by atoms with Crippen LogP contribution < -0.4 is 10.6 Å². The normalized spacial score (nSPS) is 12.2. The van der Waals surface area contributed by atoms with Gasteiger partial charge in [-0.3, -0.25) is 5.32 Å². The van der Waals surface area contributed by atoms with Crippen LogP contribution in [0.3, 0.4) is 0 Å². The minimum Gasteiger partial charge on any atom is -0.396 e. The van der Waals surface area contributed by atoms with Crippen molar-refractivity contribution < 1.29 is 9.90 Å². The zero-order valence-electron chi connectivity index (χ0n) is 9.49. The van der Waals surface area contributed by atoms with Crippen LogP contribution in [0, 0.1) is 12.8 Å². The lowest BCUT2D eigenvalue weighted by Crippen LogP contribution is -2.32. The molecular weight excluding hydrogens is 226 g/mol. The van der Waals surface area contributed by atoms with Crippen molar-refractivity contribution in [2.24, 2.45) is 5.92 Å². The van der Waals surface area contributed by atoms with Crippen molar-refractivity contribution in [2.75, 3.05) is 18.5 Å². The fourth-order valence-corrected chi connectivity index (χ4v) is 1.83. The quantitative estimate of drug-likeness (QED) is 0.735. The Balaban J connectivity index is 2.26. The summed E-state index contributed by atoms with van der Waals surface area (Å²) in [6.45, 7) is 4.56. The fourth-order valence-electron chi connectivity index (χ4n) is 1.14. The number of hydrogen-bond acceptors (Lipinski definition) is 4. The van der Waals surface area contributed by atoms with Crippen LogP contribution in [0.4, 0.5) is 9.93 Å². The van der Waals surface area contributed by atoms with Crippen LogP contribution >= 0.6 is 11.3 Å². The molecule has 1 aromatic heterocycles. The molecule has 0 aliphatic heterocycles. The Morgan fingerprint density at radius 2 is 2.44 bits per heavy atom. The van der Waals surface area contributed by atoms with E-state index in [0.717, 1.165) is 5.69 Å².